The molecule has 24 heavy (non-hydrogen) atoms. The van der Waals surface area contributed by atoms with Crippen LogP contribution in [-0.4, -0.2) is 27.6 Å². The third-order valence-electron chi connectivity index (χ3n) is 2.81. The number of carbonyl (C=O) groups is 1. The Balaban J connectivity index is 1.72. The highest BCUT2D eigenvalue weighted by molar-refractivity contribution is 9.12. The standard InChI is InChI=1S/C14H14Br2N2O4S2/c15-12-8-11(13(16)23-12)24(20,21)18-7-6-17-14(19)22-9-10-4-2-1-3-5-10/h1-5,8,18H,6-7,9H2,(H,17,19). The summed E-state index contributed by atoms with van der Waals surface area (Å²) in [6, 6.07) is 10.8. The molecule has 130 valence electrons. The minimum absolute atomic E-state index is 0.0582. The Labute approximate surface area is 160 Å². The Morgan fingerprint density at radius 1 is 1.17 bits per heavy atom. The molecule has 0 saturated carbocycles. The number of benzene rings is 1. The number of carbonyl (C=O) groups excluding carboxylic acids is 1. The molecule has 10 heteroatoms. The van der Waals surface area contributed by atoms with Crippen molar-refractivity contribution in [2.24, 2.45) is 0 Å². The van der Waals surface area contributed by atoms with E-state index >= 15 is 0 Å². The lowest BCUT2D eigenvalue weighted by molar-refractivity contribution is 0.140. The third kappa shape index (κ3) is 5.85. The zero-order chi connectivity index (χ0) is 17.6. The Bertz CT molecular complexity index is 794. The first-order valence-corrected chi connectivity index (χ1v) is 10.7. The summed E-state index contributed by atoms with van der Waals surface area (Å²) >= 11 is 7.71. The number of thiophene rings is 1. The summed E-state index contributed by atoms with van der Waals surface area (Å²) in [5.41, 5.74) is 0.876. The van der Waals surface area contributed by atoms with Crippen molar-refractivity contribution in [3.63, 3.8) is 0 Å². The van der Waals surface area contributed by atoms with Crippen LogP contribution in [0.1, 0.15) is 5.56 Å². The minimum atomic E-state index is -3.63. The maximum atomic E-state index is 12.1. The highest BCUT2D eigenvalue weighted by atomic mass is 79.9. The second kappa shape index (κ2) is 8.95. The molecule has 0 radical (unpaired) electrons. The molecule has 6 nitrogen and oxygen atoms in total. The molecule has 2 aromatic rings. The lowest BCUT2D eigenvalue weighted by atomic mass is 10.2. The van der Waals surface area contributed by atoms with Crippen molar-refractivity contribution in [3.05, 3.63) is 49.5 Å². The molecular weight excluding hydrogens is 484 g/mol. The molecule has 0 unspecified atom stereocenters. The number of ether oxygens (including phenoxy) is 1. The van der Waals surface area contributed by atoms with Gasteiger partial charge in [0.05, 0.1) is 7.57 Å². The molecular formula is C14H14Br2N2O4S2. The number of hydrogen-bond donors (Lipinski definition) is 2. The highest BCUT2D eigenvalue weighted by Crippen LogP contribution is 2.34. The lowest BCUT2D eigenvalue weighted by Crippen LogP contribution is -2.34. The molecule has 0 aliphatic heterocycles. The van der Waals surface area contributed by atoms with Crippen LogP contribution in [0.4, 0.5) is 4.79 Å². The summed E-state index contributed by atoms with van der Waals surface area (Å²) in [5, 5.41) is 2.49. The second-order valence-corrected chi connectivity index (χ2v) is 10.1. The monoisotopic (exact) mass is 496 g/mol. The summed E-state index contributed by atoms with van der Waals surface area (Å²) in [6.07, 6.45) is -0.600. The molecule has 2 N–H and O–H groups in total. The quantitative estimate of drug-likeness (QED) is 0.573. The normalized spacial score (nSPS) is 11.2. The van der Waals surface area contributed by atoms with Crippen molar-refractivity contribution in [3.8, 4) is 0 Å². The van der Waals surface area contributed by atoms with Gasteiger partial charge in [0.25, 0.3) is 0 Å². The van der Waals surface area contributed by atoms with E-state index < -0.39 is 16.1 Å². The van der Waals surface area contributed by atoms with Crippen LogP contribution in [0.15, 0.2) is 48.9 Å². The average Bonchev–Trinajstić information content (AvgIpc) is 2.90. The van der Waals surface area contributed by atoms with Gasteiger partial charge in [-0.15, -0.1) is 11.3 Å². The number of halogens is 2. The fourth-order valence-electron chi connectivity index (χ4n) is 1.71. The number of sulfonamides is 1. The van der Waals surface area contributed by atoms with Crippen LogP contribution in [0.2, 0.25) is 0 Å². The number of rotatable bonds is 7. The van der Waals surface area contributed by atoms with Crippen molar-refractivity contribution >= 4 is 59.3 Å². The van der Waals surface area contributed by atoms with Crippen molar-refractivity contribution < 1.29 is 17.9 Å². The fourth-order valence-corrected chi connectivity index (χ4v) is 6.55. The van der Waals surface area contributed by atoms with Gasteiger partial charge in [-0.3, -0.25) is 0 Å². The SMILES string of the molecule is O=C(NCCNS(=O)(=O)c1cc(Br)sc1Br)OCc1ccccc1. The fraction of sp³-hybridized carbons (Fsp3) is 0.214. The molecule has 1 heterocycles. The van der Waals surface area contributed by atoms with E-state index in [1.165, 1.54) is 17.4 Å². The largest absolute Gasteiger partial charge is 0.445 e. The molecule has 0 bridgehead atoms. The van der Waals surface area contributed by atoms with Crippen LogP contribution in [0, 0.1) is 0 Å². The molecule has 0 atom stereocenters. The number of nitrogens with one attached hydrogen (secondary N) is 2. The summed E-state index contributed by atoms with van der Waals surface area (Å²) in [6.45, 7) is 0.340. The van der Waals surface area contributed by atoms with E-state index in [1.54, 1.807) is 0 Å². The van der Waals surface area contributed by atoms with Crippen molar-refractivity contribution in [1.82, 2.24) is 10.0 Å². The van der Waals surface area contributed by atoms with Crippen LogP contribution < -0.4 is 10.0 Å². The zero-order valence-corrected chi connectivity index (χ0v) is 17.1. The van der Waals surface area contributed by atoms with Gasteiger partial charge in [-0.25, -0.2) is 17.9 Å². The molecule has 0 saturated heterocycles. The molecule has 1 amide bonds. The lowest BCUT2D eigenvalue weighted by Gasteiger charge is -2.08. The predicted octanol–water partition coefficient (Wildman–Crippen LogP) is 3.48. The topological polar surface area (TPSA) is 84.5 Å². The summed E-state index contributed by atoms with van der Waals surface area (Å²) in [4.78, 5) is 11.7. The number of hydrogen-bond acceptors (Lipinski definition) is 5. The second-order valence-electron chi connectivity index (χ2n) is 4.57. The smallest absolute Gasteiger partial charge is 0.407 e. The van der Waals surface area contributed by atoms with Gasteiger partial charge in [0.2, 0.25) is 10.0 Å². The molecule has 0 fully saturated rings. The van der Waals surface area contributed by atoms with Gasteiger partial charge in [-0.2, -0.15) is 0 Å². The van der Waals surface area contributed by atoms with Gasteiger partial charge < -0.3 is 10.1 Å². The first-order chi connectivity index (χ1) is 11.4. The average molecular weight is 498 g/mol. The van der Waals surface area contributed by atoms with Gasteiger partial charge in [-0.1, -0.05) is 30.3 Å². The Kier molecular flexibility index (Phi) is 7.23. The number of amides is 1. The summed E-state index contributed by atoms with van der Waals surface area (Å²) in [5.74, 6) is 0. The summed E-state index contributed by atoms with van der Waals surface area (Å²) in [7, 11) is -3.63. The molecule has 0 aliphatic rings. The van der Waals surface area contributed by atoms with Gasteiger partial charge in [0, 0.05) is 13.1 Å². The van der Waals surface area contributed by atoms with Crippen LogP contribution in [0.3, 0.4) is 0 Å². The first-order valence-electron chi connectivity index (χ1n) is 6.77. The van der Waals surface area contributed by atoms with E-state index in [4.69, 9.17) is 4.74 Å². The Hall–Kier alpha value is -0.940. The van der Waals surface area contributed by atoms with E-state index in [2.05, 4.69) is 41.9 Å². The van der Waals surface area contributed by atoms with E-state index in [1.807, 2.05) is 30.3 Å². The maximum Gasteiger partial charge on any atom is 0.407 e. The molecule has 2 rings (SSSR count). The zero-order valence-electron chi connectivity index (χ0n) is 12.3. The van der Waals surface area contributed by atoms with Crippen LogP contribution >= 0.6 is 43.2 Å². The first kappa shape index (κ1) is 19.4. The maximum absolute atomic E-state index is 12.1. The minimum Gasteiger partial charge on any atom is -0.445 e. The van der Waals surface area contributed by atoms with E-state index in [0.717, 1.165) is 5.56 Å². The molecule has 1 aromatic carbocycles. The van der Waals surface area contributed by atoms with Gasteiger partial charge in [0.1, 0.15) is 11.5 Å². The predicted molar refractivity (Wildman–Crippen MR) is 99.5 cm³/mol. The van der Waals surface area contributed by atoms with Crippen molar-refractivity contribution in [2.45, 2.75) is 11.5 Å². The molecule has 1 aromatic heterocycles. The molecule has 0 aliphatic carbocycles. The van der Waals surface area contributed by atoms with E-state index in [-0.39, 0.29) is 24.6 Å². The van der Waals surface area contributed by atoms with Gasteiger partial charge in [-0.05, 0) is 43.5 Å². The van der Waals surface area contributed by atoms with E-state index in [0.29, 0.717) is 7.57 Å². The highest BCUT2D eigenvalue weighted by Gasteiger charge is 2.19. The van der Waals surface area contributed by atoms with Crippen molar-refractivity contribution in [2.75, 3.05) is 13.1 Å². The summed E-state index contributed by atoms with van der Waals surface area (Å²) < 4.78 is 32.9. The molecule has 0 spiro atoms. The third-order valence-corrected chi connectivity index (χ3v) is 7.03. The van der Waals surface area contributed by atoms with Crippen LogP contribution in [0.25, 0.3) is 0 Å². The van der Waals surface area contributed by atoms with Gasteiger partial charge >= 0.3 is 6.09 Å². The van der Waals surface area contributed by atoms with Crippen molar-refractivity contribution in [1.29, 1.82) is 0 Å². The van der Waals surface area contributed by atoms with E-state index in [9.17, 15) is 13.2 Å². The Morgan fingerprint density at radius 3 is 2.50 bits per heavy atom. The number of alkyl carbamates (subject to hydrolysis) is 1. The van der Waals surface area contributed by atoms with Crippen LogP contribution in [-0.2, 0) is 21.4 Å². The van der Waals surface area contributed by atoms with Crippen LogP contribution in [0.5, 0.6) is 0 Å². The van der Waals surface area contributed by atoms with Gasteiger partial charge in [0.15, 0.2) is 0 Å². The Morgan fingerprint density at radius 2 is 1.88 bits per heavy atom.